The van der Waals surface area contributed by atoms with Crippen molar-refractivity contribution in [3.05, 3.63) is 59.9 Å². The Labute approximate surface area is 159 Å². The maximum absolute atomic E-state index is 12.1. The summed E-state index contributed by atoms with van der Waals surface area (Å²) in [5.41, 5.74) is 1.90. The molecule has 2 aromatic rings. The fourth-order valence-corrected chi connectivity index (χ4v) is 3.12. The second kappa shape index (κ2) is 9.07. The van der Waals surface area contributed by atoms with Crippen LogP contribution in [0.15, 0.2) is 48.7 Å². The van der Waals surface area contributed by atoms with Crippen molar-refractivity contribution in [2.24, 2.45) is 0 Å². The monoisotopic (exact) mass is 368 g/mol. The van der Waals surface area contributed by atoms with Crippen molar-refractivity contribution in [3.63, 3.8) is 0 Å². The highest BCUT2D eigenvalue weighted by Crippen LogP contribution is 2.24. The van der Waals surface area contributed by atoms with Crippen LogP contribution in [0.25, 0.3) is 5.57 Å². The summed E-state index contributed by atoms with van der Waals surface area (Å²) >= 11 is 0. The van der Waals surface area contributed by atoms with Gasteiger partial charge in [-0.3, -0.25) is 0 Å². The number of methoxy groups -OCH3 is 2. The summed E-state index contributed by atoms with van der Waals surface area (Å²) in [7, 11) is 2.84. The molecule has 1 saturated heterocycles. The van der Waals surface area contributed by atoms with Crippen LogP contribution in [0, 0.1) is 0 Å². The van der Waals surface area contributed by atoms with E-state index in [4.69, 9.17) is 14.2 Å². The smallest absolute Gasteiger partial charge is 0.341 e. The zero-order valence-corrected chi connectivity index (χ0v) is 15.7. The van der Waals surface area contributed by atoms with Gasteiger partial charge >= 0.3 is 5.97 Å². The molecule has 0 atom stereocenters. The summed E-state index contributed by atoms with van der Waals surface area (Å²) in [4.78, 5) is 19.0. The minimum absolute atomic E-state index is 0.282. The van der Waals surface area contributed by atoms with Gasteiger partial charge in [-0.15, -0.1) is 0 Å². The first-order chi connectivity index (χ1) is 13.2. The number of ether oxygens (including phenoxy) is 3. The van der Waals surface area contributed by atoms with Crippen LogP contribution in [0.2, 0.25) is 0 Å². The van der Waals surface area contributed by atoms with E-state index in [1.165, 1.54) is 33.3 Å². The fourth-order valence-electron chi connectivity index (χ4n) is 3.12. The standard InChI is InChI=1S/C21H24N2O4/c1-25-15-18(21(24)26-2)17-9-4-3-8-16(17)14-27-20-11-7-10-19(22-20)23-12-5-6-13-23/h3-4,7-11,15H,5-6,12-14H2,1-2H3/b18-15+. The Hall–Kier alpha value is -3.02. The number of nitrogens with zero attached hydrogens (tertiary/aromatic N) is 2. The van der Waals surface area contributed by atoms with Crippen molar-refractivity contribution in [3.8, 4) is 5.88 Å². The number of hydrogen-bond acceptors (Lipinski definition) is 6. The molecule has 1 aliphatic heterocycles. The van der Waals surface area contributed by atoms with E-state index in [-0.39, 0.29) is 6.61 Å². The Morgan fingerprint density at radius 3 is 2.63 bits per heavy atom. The summed E-state index contributed by atoms with van der Waals surface area (Å²) < 4.78 is 15.8. The highest BCUT2D eigenvalue weighted by Gasteiger charge is 2.17. The number of pyridine rings is 1. The molecule has 0 aliphatic carbocycles. The van der Waals surface area contributed by atoms with E-state index in [9.17, 15) is 4.79 Å². The van der Waals surface area contributed by atoms with Crippen LogP contribution in [0.1, 0.15) is 24.0 Å². The van der Waals surface area contributed by atoms with E-state index in [2.05, 4.69) is 9.88 Å². The van der Waals surface area contributed by atoms with Crippen LogP contribution in [0.3, 0.4) is 0 Å². The lowest BCUT2D eigenvalue weighted by Gasteiger charge is -2.17. The summed E-state index contributed by atoms with van der Waals surface area (Å²) in [6.45, 7) is 2.35. The average Bonchev–Trinajstić information content (AvgIpc) is 3.25. The first-order valence-electron chi connectivity index (χ1n) is 8.97. The molecule has 0 radical (unpaired) electrons. The van der Waals surface area contributed by atoms with Gasteiger partial charge in [0.25, 0.3) is 0 Å². The number of anilines is 1. The first-order valence-corrected chi connectivity index (χ1v) is 8.97. The van der Waals surface area contributed by atoms with Crippen molar-refractivity contribution >= 4 is 17.4 Å². The molecule has 6 heteroatoms. The molecule has 142 valence electrons. The van der Waals surface area contributed by atoms with Crippen LogP contribution in [-0.2, 0) is 20.9 Å². The average molecular weight is 368 g/mol. The van der Waals surface area contributed by atoms with Crippen LogP contribution in [-0.4, -0.2) is 38.3 Å². The number of carbonyl (C=O) groups excluding carboxylic acids is 1. The third-order valence-corrected chi connectivity index (χ3v) is 4.46. The molecule has 2 heterocycles. The Morgan fingerprint density at radius 2 is 1.89 bits per heavy atom. The zero-order chi connectivity index (χ0) is 19.1. The van der Waals surface area contributed by atoms with E-state index >= 15 is 0 Å². The lowest BCUT2D eigenvalue weighted by Crippen LogP contribution is -2.19. The molecule has 3 rings (SSSR count). The summed E-state index contributed by atoms with van der Waals surface area (Å²) in [6.07, 6.45) is 3.78. The summed E-state index contributed by atoms with van der Waals surface area (Å²) in [5.74, 6) is 1.04. The maximum Gasteiger partial charge on any atom is 0.341 e. The van der Waals surface area contributed by atoms with Gasteiger partial charge in [0, 0.05) is 19.2 Å². The van der Waals surface area contributed by atoms with Crippen LogP contribution in [0.5, 0.6) is 5.88 Å². The van der Waals surface area contributed by atoms with E-state index in [1.807, 2.05) is 42.5 Å². The van der Waals surface area contributed by atoms with Gasteiger partial charge in [-0.25, -0.2) is 4.79 Å². The highest BCUT2D eigenvalue weighted by molar-refractivity contribution is 6.16. The number of aromatic nitrogens is 1. The number of rotatable bonds is 7. The third kappa shape index (κ3) is 4.58. The van der Waals surface area contributed by atoms with Crippen molar-refractivity contribution in [1.82, 2.24) is 4.98 Å². The van der Waals surface area contributed by atoms with Gasteiger partial charge in [0.15, 0.2) is 0 Å². The van der Waals surface area contributed by atoms with Crippen LogP contribution in [0.4, 0.5) is 5.82 Å². The Balaban J connectivity index is 1.78. The SMILES string of the molecule is CO/C=C(/C(=O)OC)c1ccccc1COc1cccc(N2CCCC2)n1. The van der Waals surface area contributed by atoms with E-state index in [1.54, 1.807) is 0 Å². The molecule has 0 unspecified atom stereocenters. The third-order valence-electron chi connectivity index (χ3n) is 4.46. The number of benzene rings is 1. The quantitative estimate of drug-likeness (QED) is 0.424. The molecule has 27 heavy (non-hydrogen) atoms. The van der Waals surface area contributed by atoms with Gasteiger partial charge in [-0.05, 0) is 30.0 Å². The maximum atomic E-state index is 12.1. The lowest BCUT2D eigenvalue weighted by atomic mass is 10.0. The van der Waals surface area contributed by atoms with Crippen LogP contribution >= 0.6 is 0 Å². The van der Waals surface area contributed by atoms with Crippen molar-refractivity contribution < 1.29 is 19.0 Å². The van der Waals surface area contributed by atoms with Gasteiger partial charge < -0.3 is 19.1 Å². The number of carbonyl (C=O) groups is 1. The molecular weight excluding hydrogens is 344 g/mol. The highest BCUT2D eigenvalue weighted by atomic mass is 16.5. The van der Waals surface area contributed by atoms with Crippen molar-refractivity contribution in [1.29, 1.82) is 0 Å². The molecule has 0 bridgehead atoms. The fraction of sp³-hybridized carbons (Fsp3) is 0.333. The topological polar surface area (TPSA) is 60.9 Å². The molecule has 6 nitrogen and oxygen atoms in total. The number of esters is 1. The lowest BCUT2D eigenvalue weighted by molar-refractivity contribution is -0.133. The molecule has 0 N–H and O–H groups in total. The molecule has 1 aliphatic rings. The van der Waals surface area contributed by atoms with Gasteiger partial charge in [0.2, 0.25) is 5.88 Å². The predicted molar refractivity (Wildman–Crippen MR) is 103 cm³/mol. The van der Waals surface area contributed by atoms with E-state index in [0.717, 1.165) is 24.5 Å². The molecule has 0 saturated carbocycles. The Kier molecular flexibility index (Phi) is 6.30. The zero-order valence-electron chi connectivity index (χ0n) is 15.7. The molecule has 0 spiro atoms. The predicted octanol–water partition coefficient (Wildman–Crippen LogP) is 3.42. The Morgan fingerprint density at radius 1 is 1.11 bits per heavy atom. The minimum Gasteiger partial charge on any atom is -0.503 e. The normalized spacial score (nSPS) is 14.1. The van der Waals surface area contributed by atoms with Crippen molar-refractivity contribution in [2.75, 3.05) is 32.2 Å². The minimum atomic E-state index is -0.460. The number of hydrogen-bond donors (Lipinski definition) is 0. The second-order valence-electron chi connectivity index (χ2n) is 6.23. The van der Waals surface area contributed by atoms with Crippen molar-refractivity contribution in [2.45, 2.75) is 19.4 Å². The Bertz CT molecular complexity index is 813. The molecule has 1 aromatic carbocycles. The second-order valence-corrected chi connectivity index (χ2v) is 6.23. The molecule has 1 aromatic heterocycles. The van der Waals surface area contributed by atoms with Gasteiger partial charge in [0.05, 0.1) is 20.5 Å². The van der Waals surface area contributed by atoms with Gasteiger partial charge in [-0.2, -0.15) is 4.98 Å². The van der Waals surface area contributed by atoms with Gasteiger partial charge in [-0.1, -0.05) is 30.3 Å². The van der Waals surface area contributed by atoms with Gasteiger partial charge in [0.1, 0.15) is 18.0 Å². The summed E-state index contributed by atoms with van der Waals surface area (Å²) in [5, 5.41) is 0. The van der Waals surface area contributed by atoms with E-state index < -0.39 is 5.97 Å². The molecule has 1 fully saturated rings. The van der Waals surface area contributed by atoms with Crippen LogP contribution < -0.4 is 9.64 Å². The summed E-state index contributed by atoms with van der Waals surface area (Å²) in [6, 6.07) is 13.3. The first kappa shape index (κ1) is 18.8. The van der Waals surface area contributed by atoms with E-state index in [0.29, 0.717) is 17.0 Å². The molecule has 0 amide bonds. The molecular formula is C21H24N2O4. The largest absolute Gasteiger partial charge is 0.503 e.